The van der Waals surface area contributed by atoms with Crippen LogP contribution in [0.2, 0.25) is 0 Å². The van der Waals surface area contributed by atoms with Crippen molar-refractivity contribution >= 4 is 11.9 Å². The number of benzene rings is 2. The Morgan fingerprint density at radius 1 is 1.07 bits per heavy atom. The van der Waals surface area contributed by atoms with Crippen LogP contribution in [-0.4, -0.2) is 38.8 Å². The lowest BCUT2D eigenvalue weighted by atomic mass is 10.1. The minimum atomic E-state index is -0.0755. The summed E-state index contributed by atoms with van der Waals surface area (Å²) in [6.07, 6.45) is 0.791. The van der Waals surface area contributed by atoms with E-state index in [9.17, 15) is 4.79 Å². The Morgan fingerprint density at radius 2 is 1.93 bits per heavy atom. The van der Waals surface area contributed by atoms with Gasteiger partial charge in [-0.05, 0) is 48.7 Å². The molecule has 7 heteroatoms. The van der Waals surface area contributed by atoms with Gasteiger partial charge in [0.1, 0.15) is 0 Å². The number of rotatable bonds is 7. The maximum atomic E-state index is 11.8. The lowest BCUT2D eigenvalue weighted by Gasteiger charge is -2.12. The molecule has 0 aliphatic carbocycles. The van der Waals surface area contributed by atoms with Crippen LogP contribution in [0.5, 0.6) is 11.5 Å². The van der Waals surface area contributed by atoms with E-state index in [4.69, 9.17) is 9.47 Å². The Kier molecular flexibility index (Phi) is 6.73. The van der Waals surface area contributed by atoms with Crippen LogP contribution in [0.25, 0.3) is 0 Å². The Labute approximate surface area is 165 Å². The first kappa shape index (κ1) is 19.5. The fraction of sp³-hybridized carbons (Fsp3) is 0.333. The summed E-state index contributed by atoms with van der Waals surface area (Å²) in [5, 5.41) is 9.23. The van der Waals surface area contributed by atoms with Crippen LogP contribution in [0, 0.1) is 0 Å². The highest BCUT2D eigenvalue weighted by atomic mass is 16.7. The van der Waals surface area contributed by atoms with E-state index < -0.39 is 0 Å². The highest BCUT2D eigenvalue weighted by Gasteiger charge is 2.13. The fourth-order valence-electron chi connectivity index (χ4n) is 2.89. The van der Waals surface area contributed by atoms with E-state index in [2.05, 4.69) is 20.9 Å². The molecule has 0 spiro atoms. The molecule has 0 atom stereocenters. The fourth-order valence-corrected chi connectivity index (χ4v) is 2.89. The molecule has 0 bridgehead atoms. The standard InChI is InChI=1S/C21H26N4O3/c1-3-23-21(25-13-16-7-8-18-19(12-16)28-14-27-18)24-10-9-15-5-4-6-17(11-15)20(26)22-2/h4-8,11-12H,3,9-10,13-14H2,1-2H3,(H,22,26)(H2,23,24,25). The average molecular weight is 382 g/mol. The number of nitrogens with zero attached hydrogens (tertiary/aromatic N) is 1. The van der Waals surface area contributed by atoms with E-state index in [1.165, 1.54) is 0 Å². The van der Waals surface area contributed by atoms with Crippen molar-refractivity contribution in [2.24, 2.45) is 4.99 Å². The topological polar surface area (TPSA) is 84.0 Å². The van der Waals surface area contributed by atoms with Crippen molar-refractivity contribution in [2.45, 2.75) is 19.9 Å². The van der Waals surface area contributed by atoms with Gasteiger partial charge in [0.15, 0.2) is 17.5 Å². The highest BCUT2D eigenvalue weighted by molar-refractivity contribution is 5.94. The molecule has 1 aliphatic rings. The zero-order chi connectivity index (χ0) is 19.8. The zero-order valence-corrected chi connectivity index (χ0v) is 16.2. The predicted octanol–water partition coefficient (Wildman–Crippen LogP) is 2.07. The van der Waals surface area contributed by atoms with E-state index in [0.717, 1.165) is 41.6 Å². The van der Waals surface area contributed by atoms with Crippen molar-refractivity contribution in [2.75, 3.05) is 26.9 Å². The van der Waals surface area contributed by atoms with Gasteiger partial charge >= 0.3 is 0 Å². The summed E-state index contributed by atoms with van der Waals surface area (Å²) >= 11 is 0. The van der Waals surface area contributed by atoms with Crippen molar-refractivity contribution < 1.29 is 14.3 Å². The summed E-state index contributed by atoms with van der Waals surface area (Å²) in [4.78, 5) is 16.4. The molecule has 0 saturated heterocycles. The van der Waals surface area contributed by atoms with E-state index in [1.807, 2.05) is 49.4 Å². The monoisotopic (exact) mass is 382 g/mol. The molecule has 2 aromatic rings. The largest absolute Gasteiger partial charge is 0.454 e. The molecule has 1 amide bonds. The summed E-state index contributed by atoms with van der Waals surface area (Å²) in [5.41, 5.74) is 2.82. The molecule has 0 radical (unpaired) electrons. The average Bonchev–Trinajstić information content (AvgIpc) is 3.19. The first-order valence-corrected chi connectivity index (χ1v) is 9.41. The number of aliphatic imine (C=N–C) groups is 1. The molecule has 0 fully saturated rings. The third kappa shape index (κ3) is 5.16. The molecule has 0 unspecified atom stereocenters. The van der Waals surface area contributed by atoms with Crippen LogP contribution in [0.15, 0.2) is 47.5 Å². The highest BCUT2D eigenvalue weighted by Crippen LogP contribution is 2.32. The normalized spacial score (nSPS) is 12.6. The maximum absolute atomic E-state index is 11.8. The quantitative estimate of drug-likeness (QED) is 0.504. The van der Waals surface area contributed by atoms with E-state index >= 15 is 0 Å². The number of hydrogen-bond donors (Lipinski definition) is 3. The maximum Gasteiger partial charge on any atom is 0.251 e. The van der Waals surface area contributed by atoms with Gasteiger partial charge in [-0.1, -0.05) is 18.2 Å². The second-order valence-electron chi connectivity index (χ2n) is 6.34. The number of carbonyl (C=O) groups excluding carboxylic acids is 1. The van der Waals surface area contributed by atoms with Crippen LogP contribution < -0.4 is 25.4 Å². The molecule has 7 nitrogen and oxygen atoms in total. The van der Waals surface area contributed by atoms with E-state index in [1.54, 1.807) is 7.05 Å². The van der Waals surface area contributed by atoms with E-state index in [-0.39, 0.29) is 12.7 Å². The number of amides is 1. The van der Waals surface area contributed by atoms with Crippen LogP contribution in [-0.2, 0) is 13.0 Å². The molecule has 0 saturated carbocycles. The van der Waals surface area contributed by atoms with Crippen LogP contribution in [0.3, 0.4) is 0 Å². The number of guanidine groups is 1. The first-order valence-electron chi connectivity index (χ1n) is 9.41. The lowest BCUT2D eigenvalue weighted by Crippen LogP contribution is -2.38. The smallest absolute Gasteiger partial charge is 0.251 e. The van der Waals surface area contributed by atoms with Gasteiger partial charge in [0.25, 0.3) is 5.91 Å². The number of fused-ring (bicyclic) bond motifs is 1. The minimum absolute atomic E-state index is 0.0755. The Morgan fingerprint density at radius 3 is 2.75 bits per heavy atom. The van der Waals surface area contributed by atoms with Crippen molar-refractivity contribution in [3.8, 4) is 11.5 Å². The van der Waals surface area contributed by atoms with Crippen molar-refractivity contribution in [3.05, 3.63) is 59.2 Å². The molecular formula is C21H26N4O3. The second-order valence-corrected chi connectivity index (χ2v) is 6.34. The molecule has 0 aromatic heterocycles. The molecule has 1 aliphatic heterocycles. The third-order valence-electron chi connectivity index (χ3n) is 4.32. The molecule has 3 N–H and O–H groups in total. The van der Waals surface area contributed by atoms with Gasteiger partial charge in [-0.2, -0.15) is 0 Å². The number of hydrogen-bond acceptors (Lipinski definition) is 4. The molecule has 28 heavy (non-hydrogen) atoms. The van der Waals surface area contributed by atoms with Gasteiger partial charge in [0.05, 0.1) is 6.54 Å². The SMILES string of the molecule is CCNC(=NCc1ccc2c(c1)OCO2)NCCc1cccc(C(=O)NC)c1. The second kappa shape index (κ2) is 9.64. The zero-order valence-electron chi connectivity index (χ0n) is 16.2. The summed E-state index contributed by atoms with van der Waals surface area (Å²) in [6, 6.07) is 13.5. The molecule has 3 rings (SSSR count). The molecule has 148 valence electrons. The Hall–Kier alpha value is -3.22. The third-order valence-corrected chi connectivity index (χ3v) is 4.32. The molecular weight excluding hydrogens is 356 g/mol. The van der Waals surface area contributed by atoms with Gasteiger partial charge in [0.2, 0.25) is 6.79 Å². The Bertz CT molecular complexity index is 851. The summed E-state index contributed by atoms with van der Waals surface area (Å²) < 4.78 is 10.7. The van der Waals surface area contributed by atoms with Crippen LogP contribution in [0.1, 0.15) is 28.4 Å². The number of nitrogens with one attached hydrogen (secondary N) is 3. The van der Waals surface area contributed by atoms with Gasteiger partial charge in [-0.3, -0.25) is 4.79 Å². The summed E-state index contributed by atoms with van der Waals surface area (Å²) in [6.45, 7) is 4.33. The van der Waals surface area contributed by atoms with Crippen molar-refractivity contribution in [1.82, 2.24) is 16.0 Å². The molecule has 1 heterocycles. The first-order chi connectivity index (χ1) is 13.7. The number of ether oxygens (including phenoxy) is 2. The summed E-state index contributed by atoms with van der Waals surface area (Å²) in [7, 11) is 1.63. The van der Waals surface area contributed by atoms with Gasteiger partial charge in [0, 0.05) is 25.7 Å². The van der Waals surface area contributed by atoms with Crippen LogP contribution in [0.4, 0.5) is 0 Å². The van der Waals surface area contributed by atoms with Crippen molar-refractivity contribution in [1.29, 1.82) is 0 Å². The van der Waals surface area contributed by atoms with Gasteiger partial charge < -0.3 is 25.4 Å². The predicted molar refractivity (Wildman–Crippen MR) is 109 cm³/mol. The van der Waals surface area contributed by atoms with E-state index in [0.29, 0.717) is 18.7 Å². The number of carbonyl (C=O) groups is 1. The van der Waals surface area contributed by atoms with Gasteiger partial charge in [-0.25, -0.2) is 4.99 Å². The molecule has 2 aromatic carbocycles. The van der Waals surface area contributed by atoms with Gasteiger partial charge in [-0.15, -0.1) is 0 Å². The van der Waals surface area contributed by atoms with Crippen molar-refractivity contribution in [3.63, 3.8) is 0 Å². The minimum Gasteiger partial charge on any atom is -0.454 e. The Balaban J connectivity index is 1.56. The van der Waals surface area contributed by atoms with Crippen LogP contribution >= 0.6 is 0 Å². The lowest BCUT2D eigenvalue weighted by molar-refractivity contribution is 0.0963. The summed E-state index contributed by atoms with van der Waals surface area (Å²) in [5.74, 6) is 2.22.